The molecule has 0 aliphatic heterocycles. The zero-order valence-corrected chi connectivity index (χ0v) is 12.6. The quantitative estimate of drug-likeness (QED) is 0.785. The van der Waals surface area contributed by atoms with E-state index in [-0.39, 0.29) is 25.0 Å². The van der Waals surface area contributed by atoms with Crippen molar-refractivity contribution in [3.05, 3.63) is 35.4 Å². The minimum absolute atomic E-state index is 0.0695. The molecule has 2 amide bonds. The summed E-state index contributed by atoms with van der Waals surface area (Å²) in [5.41, 5.74) is 7.48. The number of amides is 2. The van der Waals surface area contributed by atoms with Gasteiger partial charge in [0, 0.05) is 0 Å². The fourth-order valence-electron chi connectivity index (χ4n) is 2.46. The summed E-state index contributed by atoms with van der Waals surface area (Å²) in [6.07, 6.45) is 2.30. The second kappa shape index (κ2) is 6.72. The molecular weight excluding hydrogens is 266 g/mol. The van der Waals surface area contributed by atoms with Gasteiger partial charge in [-0.25, -0.2) is 0 Å². The molecule has 1 aromatic rings. The maximum atomic E-state index is 12.1. The van der Waals surface area contributed by atoms with Crippen molar-refractivity contribution in [1.82, 2.24) is 10.2 Å². The molecule has 0 unspecified atom stereocenters. The number of hydrogen-bond donors (Lipinski definition) is 2. The lowest BCUT2D eigenvalue weighted by Crippen LogP contribution is -2.40. The molecule has 21 heavy (non-hydrogen) atoms. The van der Waals surface area contributed by atoms with Gasteiger partial charge in [-0.1, -0.05) is 29.8 Å². The third kappa shape index (κ3) is 4.86. The average molecular weight is 289 g/mol. The van der Waals surface area contributed by atoms with Gasteiger partial charge < -0.3 is 11.1 Å². The van der Waals surface area contributed by atoms with Gasteiger partial charge in [0.25, 0.3) is 0 Å². The van der Waals surface area contributed by atoms with Crippen LogP contribution in [-0.4, -0.2) is 36.9 Å². The highest BCUT2D eigenvalue weighted by atomic mass is 16.2. The van der Waals surface area contributed by atoms with Crippen LogP contribution in [0.3, 0.4) is 0 Å². The molecule has 0 heterocycles. The van der Waals surface area contributed by atoms with Crippen LogP contribution in [0.4, 0.5) is 0 Å². The zero-order chi connectivity index (χ0) is 15.4. The average Bonchev–Trinajstić information content (AvgIpc) is 3.20. The van der Waals surface area contributed by atoms with Crippen LogP contribution < -0.4 is 11.1 Å². The summed E-state index contributed by atoms with van der Waals surface area (Å²) in [6.45, 7) is 2.32. The lowest BCUT2D eigenvalue weighted by Gasteiger charge is -2.21. The van der Waals surface area contributed by atoms with E-state index < -0.39 is 5.91 Å². The van der Waals surface area contributed by atoms with Crippen molar-refractivity contribution in [1.29, 1.82) is 0 Å². The van der Waals surface area contributed by atoms with Crippen molar-refractivity contribution in [3.63, 3.8) is 0 Å². The Hall–Kier alpha value is -1.88. The van der Waals surface area contributed by atoms with Crippen molar-refractivity contribution in [3.8, 4) is 0 Å². The van der Waals surface area contributed by atoms with Gasteiger partial charge in [0.2, 0.25) is 11.8 Å². The molecule has 0 spiro atoms. The molecule has 0 radical (unpaired) electrons. The van der Waals surface area contributed by atoms with Crippen molar-refractivity contribution >= 4 is 11.8 Å². The second-order valence-corrected chi connectivity index (χ2v) is 5.93. The van der Waals surface area contributed by atoms with Crippen LogP contribution in [0.15, 0.2) is 24.3 Å². The third-order valence-electron chi connectivity index (χ3n) is 3.69. The molecule has 114 valence electrons. The van der Waals surface area contributed by atoms with Gasteiger partial charge in [-0.3, -0.25) is 14.5 Å². The van der Waals surface area contributed by atoms with E-state index in [0.717, 1.165) is 18.4 Å². The molecule has 1 aromatic carbocycles. The monoisotopic (exact) mass is 289 g/mol. The SMILES string of the molecule is Cc1ccc([C@H](NC(=O)CN(C)CC(N)=O)C2CC2)cc1. The largest absolute Gasteiger partial charge is 0.369 e. The number of benzene rings is 1. The number of carbonyl (C=O) groups is 2. The van der Waals surface area contributed by atoms with Gasteiger partial charge in [0.05, 0.1) is 19.1 Å². The molecule has 5 nitrogen and oxygen atoms in total. The number of nitrogens with one attached hydrogen (secondary N) is 1. The van der Waals surface area contributed by atoms with E-state index in [0.29, 0.717) is 5.92 Å². The summed E-state index contributed by atoms with van der Waals surface area (Å²) in [5.74, 6) is 0.0249. The standard InChI is InChI=1S/C16H23N3O2/c1-11-3-5-12(6-4-11)16(13-7-8-13)18-15(21)10-19(2)9-14(17)20/h3-6,13,16H,7-10H2,1-2H3,(H2,17,20)(H,18,21)/t16-/m0/s1. The van der Waals surface area contributed by atoms with Crippen LogP contribution in [0, 0.1) is 12.8 Å². The number of nitrogens with two attached hydrogens (primary N) is 1. The Morgan fingerprint density at radius 1 is 1.29 bits per heavy atom. The Labute approximate surface area is 125 Å². The van der Waals surface area contributed by atoms with E-state index in [9.17, 15) is 9.59 Å². The van der Waals surface area contributed by atoms with Crippen LogP contribution in [-0.2, 0) is 9.59 Å². The van der Waals surface area contributed by atoms with Crippen LogP contribution >= 0.6 is 0 Å². The minimum atomic E-state index is -0.428. The number of hydrogen-bond acceptors (Lipinski definition) is 3. The van der Waals surface area contributed by atoms with Crippen LogP contribution in [0.2, 0.25) is 0 Å². The van der Waals surface area contributed by atoms with Gasteiger partial charge >= 0.3 is 0 Å². The minimum Gasteiger partial charge on any atom is -0.369 e. The van der Waals surface area contributed by atoms with Crippen molar-refractivity contribution < 1.29 is 9.59 Å². The van der Waals surface area contributed by atoms with Crippen LogP contribution in [0.5, 0.6) is 0 Å². The van der Waals surface area contributed by atoms with Gasteiger partial charge in [-0.2, -0.15) is 0 Å². The number of carbonyl (C=O) groups excluding carboxylic acids is 2. The number of aryl methyl sites for hydroxylation is 1. The summed E-state index contributed by atoms with van der Waals surface area (Å²) < 4.78 is 0. The first-order chi connectivity index (χ1) is 9.95. The summed E-state index contributed by atoms with van der Waals surface area (Å²) in [7, 11) is 1.71. The Bertz CT molecular complexity index is 509. The molecule has 1 aliphatic rings. The van der Waals surface area contributed by atoms with Crippen molar-refractivity contribution in [2.45, 2.75) is 25.8 Å². The molecule has 1 atom stereocenters. The van der Waals surface area contributed by atoms with E-state index >= 15 is 0 Å². The van der Waals surface area contributed by atoms with Crippen LogP contribution in [0.25, 0.3) is 0 Å². The fourth-order valence-corrected chi connectivity index (χ4v) is 2.46. The molecule has 1 aliphatic carbocycles. The van der Waals surface area contributed by atoms with Gasteiger partial charge in [-0.15, -0.1) is 0 Å². The fraction of sp³-hybridized carbons (Fsp3) is 0.500. The molecule has 1 saturated carbocycles. The normalized spacial score (nSPS) is 15.8. The smallest absolute Gasteiger partial charge is 0.234 e. The van der Waals surface area contributed by atoms with Gasteiger partial charge in [0.1, 0.15) is 0 Å². The summed E-state index contributed by atoms with van der Waals surface area (Å²) in [4.78, 5) is 24.6. The van der Waals surface area contributed by atoms with E-state index in [1.807, 2.05) is 6.92 Å². The first kappa shape index (κ1) is 15.5. The van der Waals surface area contributed by atoms with Crippen molar-refractivity contribution in [2.75, 3.05) is 20.1 Å². The Morgan fingerprint density at radius 3 is 2.43 bits per heavy atom. The molecule has 0 saturated heterocycles. The second-order valence-electron chi connectivity index (χ2n) is 5.93. The molecular formula is C16H23N3O2. The van der Waals surface area contributed by atoms with Crippen molar-refractivity contribution in [2.24, 2.45) is 11.7 Å². The summed E-state index contributed by atoms with van der Waals surface area (Å²) in [5, 5.41) is 3.09. The van der Waals surface area contributed by atoms with Gasteiger partial charge in [0.15, 0.2) is 0 Å². The number of nitrogens with zero attached hydrogens (tertiary/aromatic N) is 1. The zero-order valence-electron chi connectivity index (χ0n) is 12.6. The Kier molecular flexibility index (Phi) is 4.96. The van der Waals surface area contributed by atoms with E-state index in [2.05, 4.69) is 29.6 Å². The topological polar surface area (TPSA) is 75.4 Å². The Morgan fingerprint density at radius 2 is 1.90 bits per heavy atom. The highest BCUT2D eigenvalue weighted by Gasteiger charge is 2.33. The number of primary amides is 1. The molecule has 5 heteroatoms. The van der Waals surface area contributed by atoms with Crippen LogP contribution in [0.1, 0.15) is 30.0 Å². The highest BCUT2D eigenvalue weighted by molar-refractivity contribution is 5.80. The first-order valence-corrected chi connectivity index (χ1v) is 7.28. The number of rotatable bonds is 7. The Balaban J connectivity index is 1.95. The van der Waals surface area contributed by atoms with Gasteiger partial charge in [-0.05, 0) is 38.3 Å². The maximum Gasteiger partial charge on any atom is 0.234 e. The van der Waals surface area contributed by atoms with E-state index in [1.54, 1.807) is 11.9 Å². The van der Waals surface area contributed by atoms with E-state index in [1.165, 1.54) is 5.56 Å². The predicted molar refractivity (Wildman–Crippen MR) is 81.5 cm³/mol. The predicted octanol–water partition coefficient (Wildman–Crippen LogP) is 0.979. The molecule has 0 aromatic heterocycles. The summed E-state index contributed by atoms with van der Waals surface area (Å²) in [6, 6.07) is 8.35. The highest BCUT2D eigenvalue weighted by Crippen LogP contribution is 2.40. The van der Waals surface area contributed by atoms with E-state index in [4.69, 9.17) is 5.73 Å². The first-order valence-electron chi connectivity index (χ1n) is 7.28. The third-order valence-corrected chi connectivity index (χ3v) is 3.69. The molecule has 2 rings (SSSR count). The molecule has 3 N–H and O–H groups in total. The summed E-state index contributed by atoms with van der Waals surface area (Å²) >= 11 is 0. The lowest BCUT2D eigenvalue weighted by molar-refractivity contribution is -0.124. The number of likely N-dealkylation sites (N-methyl/N-ethyl adjacent to an activating group) is 1. The molecule has 0 bridgehead atoms. The lowest BCUT2D eigenvalue weighted by atomic mass is 10.0. The maximum absolute atomic E-state index is 12.1. The molecule has 1 fully saturated rings.